The highest BCUT2D eigenvalue weighted by molar-refractivity contribution is 7.92. The number of amides is 1. The minimum atomic E-state index is -3.73. The molecule has 2 aromatic carbocycles. The maximum absolute atomic E-state index is 15.2. The predicted molar refractivity (Wildman–Crippen MR) is 244 cm³/mol. The minimum Gasteiger partial charge on any atom is -0.469 e. The molecule has 1 aromatic heterocycles. The number of aromatic nitrogens is 3. The Morgan fingerprint density at radius 3 is 2.38 bits per heavy atom. The molecule has 1 aliphatic carbocycles. The van der Waals surface area contributed by atoms with Crippen LogP contribution in [0.4, 0.5) is 14.5 Å². The van der Waals surface area contributed by atoms with Crippen molar-refractivity contribution in [2.24, 2.45) is 23.7 Å². The van der Waals surface area contributed by atoms with Gasteiger partial charge in [0.1, 0.15) is 17.2 Å². The second kappa shape index (κ2) is 19.9. The predicted octanol–water partition coefficient (Wildman–Crippen LogP) is 5.36. The van der Waals surface area contributed by atoms with Crippen LogP contribution < -0.4 is 4.90 Å². The lowest BCUT2D eigenvalue weighted by Crippen LogP contribution is -2.56. The maximum Gasteiger partial charge on any atom is 0.305 e. The first-order valence-corrected chi connectivity index (χ1v) is 25.6. The number of ether oxygens (including phenoxy) is 1. The molecular formula is C49H66F2N8O5S. The van der Waals surface area contributed by atoms with Crippen LogP contribution in [0, 0.1) is 29.5 Å². The number of hydrogen-bond acceptors (Lipinski definition) is 11. The van der Waals surface area contributed by atoms with Crippen molar-refractivity contribution in [3.8, 4) is 0 Å². The molecule has 16 heteroatoms. The number of sulfone groups is 1. The van der Waals surface area contributed by atoms with Gasteiger partial charge in [0.15, 0.2) is 9.84 Å². The molecule has 6 heterocycles. The van der Waals surface area contributed by atoms with Gasteiger partial charge in [-0.3, -0.25) is 24.1 Å². The van der Waals surface area contributed by atoms with Gasteiger partial charge in [-0.2, -0.15) is 0 Å². The summed E-state index contributed by atoms with van der Waals surface area (Å²) in [7, 11) is -2.28. The molecule has 1 amide bonds. The molecule has 5 aliphatic heterocycles. The van der Waals surface area contributed by atoms with Gasteiger partial charge < -0.3 is 19.4 Å². The smallest absolute Gasteiger partial charge is 0.305 e. The summed E-state index contributed by atoms with van der Waals surface area (Å²) in [6.07, 6.45) is 14.9. The monoisotopic (exact) mass is 916 g/mol. The number of benzene rings is 2. The molecule has 0 radical (unpaired) electrons. The number of carbonyl (C=O) groups is 2. The van der Waals surface area contributed by atoms with Crippen LogP contribution in [0.25, 0.3) is 0 Å². The quantitative estimate of drug-likeness (QED) is 0.129. The third-order valence-corrected chi connectivity index (χ3v) is 17.9. The molecule has 0 bridgehead atoms. The van der Waals surface area contributed by atoms with Crippen molar-refractivity contribution in [2.45, 2.75) is 92.6 Å². The van der Waals surface area contributed by atoms with Crippen molar-refractivity contribution in [2.75, 3.05) is 90.5 Å². The normalized spacial score (nSPS) is 24.5. The number of piperidine rings is 2. The lowest BCUT2D eigenvalue weighted by Gasteiger charge is -2.51. The van der Waals surface area contributed by atoms with E-state index in [0.29, 0.717) is 44.1 Å². The molecule has 6 fully saturated rings. The zero-order valence-corrected chi connectivity index (χ0v) is 38.7. The topological polar surface area (TPSA) is 124 Å². The molecule has 1 saturated carbocycles. The molecule has 65 heavy (non-hydrogen) atoms. The number of nitrogens with zero attached hydrogens (tertiary/aromatic N) is 8. The molecule has 0 N–H and O–H groups in total. The van der Waals surface area contributed by atoms with E-state index >= 15 is 4.39 Å². The highest BCUT2D eigenvalue weighted by Crippen LogP contribution is 2.54. The van der Waals surface area contributed by atoms with Crippen LogP contribution in [-0.2, 0) is 42.7 Å². The number of carbonyl (C=O) groups excluding carboxylic acids is 2. The van der Waals surface area contributed by atoms with Gasteiger partial charge in [0, 0.05) is 94.6 Å². The first kappa shape index (κ1) is 45.9. The summed E-state index contributed by atoms with van der Waals surface area (Å²) in [6.45, 7) is 9.13. The molecule has 5 saturated heterocycles. The fraction of sp³-hybridized carbons (Fsp3) is 0.633. The highest BCUT2D eigenvalue weighted by Gasteiger charge is 2.52. The standard InChI is InChI=1S/C49H66F2N8O5S/c1-64-48(61)25-37-8-5-11-45(37)49(35-59-23-17-52-53-59,40-9-6-10-41(50)26-40)39-15-21-55(22-16-39)27-36-28-57(29-36)43-13-14-46(38(24-43)30-56-31-42(51)32-56)65(62,63)44-33-58(34-44)47(60)12-7-20-54-18-3-2-4-19-54/h6-7,9-10,12-14,17,23-24,26,36-37,39,42,44-45H,2-5,8,11,15-16,18-22,25,27-35H2,1H3/b12-7+/t37-,45+,49+/m1/s1. The van der Waals surface area contributed by atoms with E-state index in [2.05, 4.69) is 31.1 Å². The van der Waals surface area contributed by atoms with Gasteiger partial charge in [-0.25, -0.2) is 17.2 Å². The van der Waals surface area contributed by atoms with E-state index in [0.717, 1.165) is 95.7 Å². The van der Waals surface area contributed by atoms with Crippen molar-refractivity contribution in [3.05, 3.63) is 84.0 Å². The van der Waals surface area contributed by atoms with Gasteiger partial charge in [0.25, 0.3) is 0 Å². The Hall–Kier alpha value is -4.25. The number of likely N-dealkylation sites (tertiary alicyclic amines) is 4. The fourth-order valence-corrected chi connectivity index (χ4v) is 14.0. The van der Waals surface area contributed by atoms with Crippen LogP contribution >= 0.6 is 0 Å². The van der Waals surface area contributed by atoms with E-state index in [1.54, 1.807) is 29.3 Å². The zero-order valence-electron chi connectivity index (χ0n) is 37.9. The van der Waals surface area contributed by atoms with Crippen molar-refractivity contribution >= 4 is 27.4 Å². The van der Waals surface area contributed by atoms with E-state index in [4.69, 9.17) is 4.74 Å². The largest absolute Gasteiger partial charge is 0.469 e. The SMILES string of the molecule is COC(=O)C[C@H]1CCC[C@@H]1[C@](Cn1ccnn1)(c1cccc(F)c1)C1CCN(CC2CN(c3ccc(S(=O)(=O)C4CN(C(=O)/C=C/CN5CCCCC5)C4)c(CN4CC(F)C4)c3)C2)CC1. The molecular weight excluding hydrogens is 851 g/mol. The molecule has 3 atom stereocenters. The van der Waals surface area contributed by atoms with Crippen molar-refractivity contribution in [3.63, 3.8) is 0 Å². The fourth-order valence-electron chi connectivity index (χ4n) is 12.2. The van der Waals surface area contributed by atoms with Crippen LogP contribution in [0.1, 0.15) is 68.9 Å². The Labute approximate surface area is 383 Å². The number of rotatable bonds is 17. The summed E-state index contributed by atoms with van der Waals surface area (Å²) in [5, 5.41) is 7.88. The van der Waals surface area contributed by atoms with E-state index in [-0.39, 0.29) is 53.4 Å². The molecule has 0 spiro atoms. The Kier molecular flexibility index (Phi) is 14.1. The number of halogens is 2. The third-order valence-electron chi connectivity index (χ3n) is 15.7. The minimum absolute atomic E-state index is 0.121. The van der Waals surface area contributed by atoms with Crippen molar-refractivity contribution in [1.29, 1.82) is 0 Å². The average Bonchev–Trinajstić information content (AvgIpc) is 3.96. The van der Waals surface area contributed by atoms with Crippen molar-refractivity contribution < 1.29 is 31.5 Å². The molecule has 13 nitrogen and oxygen atoms in total. The van der Waals surface area contributed by atoms with Gasteiger partial charge in [-0.1, -0.05) is 36.3 Å². The van der Waals surface area contributed by atoms with Gasteiger partial charge in [-0.15, -0.1) is 5.10 Å². The Morgan fingerprint density at radius 2 is 1.68 bits per heavy atom. The Balaban J connectivity index is 0.839. The average molecular weight is 917 g/mol. The number of methoxy groups -OCH3 is 1. The third kappa shape index (κ3) is 10.1. The first-order valence-electron chi connectivity index (χ1n) is 24.0. The number of hydrogen-bond donors (Lipinski definition) is 0. The maximum atomic E-state index is 15.2. The Bertz CT molecular complexity index is 2250. The van der Waals surface area contributed by atoms with E-state index in [1.807, 2.05) is 40.1 Å². The second-order valence-electron chi connectivity index (χ2n) is 19.8. The number of anilines is 1. The lowest BCUT2D eigenvalue weighted by molar-refractivity contribution is -0.142. The van der Waals surface area contributed by atoms with Crippen LogP contribution in [0.15, 0.2) is 71.9 Å². The molecule has 3 aromatic rings. The summed E-state index contributed by atoms with van der Waals surface area (Å²) in [5.41, 5.74) is 2.18. The molecule has 352 valence electrons. The molecule has 9 rings (SSSR count). The summed E-state index contributed by atoms with van der Waals surface area (Å²) < 4.78 is 64.4. The van der Waals surface area contributed by atoms with Gasteiger partial charge in [0.2, 0.25) is 5.91 Å². The molecule has 6 aliphatic rings. The summed E-state index contributed by atoms with van der Waals surface area (Å²) >= 11 is 0. The van der Waals surface area contributed by atoms with Crippen LogP contribution in [0.2, 0.25) is 0 Å². The van der Waals surface area contributed by atoms with Gasteiger partial charge in [-0.05, 0) is 124 Å². The van der Waals surface area contributed by atoms with Crippen LogP contribution in [-0.4, -0.2) is 152 Å². The summed E-state index contributed by atoms with van der Waals surface area (Å²) in [5.74, 6) is 0.319. The van der Waals surface area contributed by atoms with Crippen LogP contribution in [0.3, 0.4) is 0 Å². The second-order valence-corrected chi connectivity index (χ2v) is 22.0. The summed E-state index contributed by atoms with van der Waals surface area (Å²) in [6, 6.07) is 12.7. The number of alkyl halides is 1. The first-order chi connectivity index (χ1) is 31.5. The molecule has 0 unspecified atom stereocenters. The Morgan fingerprint density at radius 1 is 0.892 bits per heavy atom. The lowest BCUT2D eigenvalue weighted by atomic mass is 9.57. The highest BCUT2D eigenvalue weighted by atomic mass is 32.2. The van der Waals surface area contributed by atoms with E-state index in [1.165, 1.54) is 32.4 Å². The zero-order chi connectivity index (χ0) is 45.1. The van der Waals surface area contributed by atoms with E-state index in [9.17, 15) is 22.4 Å². The summed E-state index contributed by atoms with van der Waals surface area (Å²) in [4.78, 5) is 36.6. The van der Waals surface area contributed by atoms with Crippen LogP contribution in [0.5, 0.6) is 0 Å². The number of esters is 1. The van der Waals surface area contributed by atoms with E-state index < -0.39 is 26.7 Å². The van der Waals surface area contributed by atoms with Gasteiger partial charge in [0.05, 0.1) is 24.7 Å². The van der Waals surface area contributed by atoms with Gasteiger partial charge >= 0.3 is 5.97 Å². The van der Waals surface area contributed by atoms with Crippen molar-refractivity contribution in [1.82, 2.24) is 34.6 Å².